The summed E-state index contributed by atoms with van der Waals surface area (Å²) in [6.07, 6.45) is 1.92. The molecule has 2 rings (SSSR count). The Labute approximate surface area is 117 Å². The average molecular weight is 277 g/mol. The number of nitrogens with one attached hydrogen (secondary N) is 1. The van der Waals surface area contributed by atoms with Crippen LogP contribution in [0, 0.1) is 0 Å². The second kappa shape index (κ2) is 6.52. The molecular formula is C15H19NO4. The Morgan fingerprint density at radius 3 is 2.75 bits per heavy atom. The predicted molar refractivity (Wildman–Crippen MR) is 73.7 cm³/mol. The van der Waals surface area contributed by atoms with Crippen LogP contribution in [0.1, 0.15) is 35.7 Å². The standard InChI is InChI=1S/C15H19NO4/c1-10-6-7-13(20-10)14(17)16-9-8-11-4-2-3-5-12(11)15(18)19/h2-5,10,13H,6-9H2,1H3,(H,16,17)(H,18,19). The van der Waals surface area contributed by atoms with Crippen LogP contribution in [-0.4, -0.2) is 35.7 Å². The zero-order valence-electron chi connectivity index (χ0n) is 11.5. The van der Waals surface area contributed by atoms with Crippen molar-refractivity contribution in [3.63, 3.8) is 0 Å². The van der Waals surface area contributed by atoms with Crippen molar-refractivity contribution >= 4 is 11.9 Å². The molecule has 20 heavy (non-hydrogen) atoms. The van der Waals surface area contributed by atoms with Crippen LogP contribution in [-0.2, 0) is 16.0 Å². The van der Waals surface area contributed by atoms with Gasteiger partial charge in [-0.2, -0.15) is 0 Å². The van der Waals surface area contributed by atoms with Gasteiger partial charge in [0.05, 0.1) is 11.7 Å². The minimum absolute atomic E-state index is 0.109. The first-order chi connectivity index (χ1) is 9.58. The number of hydrogen-bond donors (Lipinski definition) is 2. The summed E-state index contributed by atoms with van der Waals surface area (Å²) in [6, 6.07) is 6.83. The predicted octanol–water partition coefficient (Wildman–Crippen LogP) is 1.61. The van der Waals surface area contributed by atoms with Gasteiger partial charge in [-0.3, -0.25) is 4.79 Å². The maximum atomic E-state index is 11.8. The highest BCUT2D eigenvalue weighted by Gasteiger charge is 2.27. The van der Waals surface area contributed by atoms with Crippen molar-refractivity contribution in [2.75, 3.05) is 6.54 Å². The molecule has 1 aliphatic rings. The number of carbonyl (C=O) groups excluding carboxylic acids is 1. The summed E-state index contributed by atoms with van der Waals surface area (Å²) >= 11 is 0. The highest BCUT2D eigenvalue weighted by atomic mass is 16.5. The van der Waals surface area contributed by atoms with Gasteiger partial charge < -0.3 is 15.2 Å². The Morgan fingerprint density at radius 1 is 1.35 bits per heavy atom. The molecule has 1 aromatic rings. The molecule has 1 heterocycles. The lowest BCUT2D eigenvalue weighted by Crippen LogP contribution is -2.35. The normalized spacial score (nSPS) is 21.6. The molecule has 2 N–H and O–H groups in total. The van der Waals surface area contributed by atoms with E-state index in [2.05, 4.69) is 5.32 Å². The van der Waals surface area contributed by atoms with E-state index in [0.717, 1.165) is 18.4 Å². The third kappa shape index (κ3) is 3.57. The van der Waals surface area contributed by atoms with E-state index in [9.17, 15) is 9.59 Å². The summed E-state index contributed by atoms with van der Waals surface area (Å²) in [5, 5.41) is 11.9. The van der Waals surface area contributed by atoms with Gasteiger partial charge in [0.2, 0.25) is 5.91 Å². The van der Waals surface area contributed by atoms with Crippen LogP contribution in [0.2, 0.25) is 0 Å². The van der Waals surface area contributed by atoms with Gasteiger partial charge in [0.25, 0.3) is 0 Å². The van der Waals surface area contributed by atoms with Crippen molar-refractivity contribution in [1.29, 1.82) is 0 Å². The summed E-state index contributed by atoms with van der Waals surface area (Å²) < 4.78 is 5.48. The van der Waals surface area contributed by atoms with Gasteiger partial charge in [-0.05, 0) is 37.8 Å². The molecule has 0 aliphatic carbocycles. The first kappa shape index (κ1) is 14.5. The maximum absolute atomic E-state index is 11.8. The summed E-state index contributed by atoms with van der Waals surface area (Å²) in [5.74, 6) is -1.05. The van der Waals surface area contributed by atoms with Crippen molar-refractivity contribution in [3.8, 4) is 0 Å². The van der Waals surface area contributed by atoms with Crippen LogP contribution in [0.25, 0.3) is 0 Å². The number of amides is 1. The lowest BCUT2D eigenvalue weighted by atomic mass is 10.0. The first-order valence-electron chi connectivity index (χ1n) is 6.82. The third-order valence-corrected chi connectivity index (χ3v) is 3.47. The number of carboxylic acid groups (broad SMARTS) is 1. The summed E-state index contributed by atoms with van der Waals surface area (Å²) in [7, 11) is 0. The maximum Gasteiger partial charge on any atom is 0.335 e. The largest absolute Gasteiger partial charge is 0.478 e. The molecule has 1 amide bonds. The molecule has 0 radical (unpaired) electrons. The zero-order valence-corrected chi connectivity index (χ0v) is 11.5. The van der Waals surface area contributed by atoms with Crippen LogP contribution in [0.15, 0.2) is 24.3 Å². The van der Waals surface area contributed by atoms with Crippen molar-refractivity contribution in [1.82, 2.24) is 5.32 Å². The van der Waals surface area contributed by atoms with Crippen molar-refractivity contribution in [2.45, 2.75) is 38.4 Å². The Morgan fingerprint density at radius 2 is 2.10 bits per heavy atom. The fraction of sp³-hybridized carbons (Fsp3) is 0.467. The van der Waals surface area contributed by atoms with E-state index < -0.39 is 5.97 Å². The zero-order chi connectivity index (χ0) is 14.5. The second-order valence-electron chi connectivity index (χ2n) is 5.02. The fourth-order valence-corrected chi connectivity index (χ4v) is 2.38. The smallest absolute Gasteiger partial charge is 0.335 e. The van der Waals surface area contributed by atoms with Crippen LogP contribution < -0.4 is 5.32 Å². The lowest BCUT2D eigenvalue weighted by Gasteiger charge is -2.12. The van der Waals surface area contributed by atoms with Crippen molar-refractivity contribution in [2.24, 2.45) is 0 Å². The van der Waals surface area contributed by atoms with E-state index in [1.807, 2.05) is 6.92 Å². The van der Waals surface area contributed by atoms with Gasteiger partial charge >= 0.3 is 5.97 Å². The molecule has 1 fully saturated rings. The molecule has 1 saturated heterocycles. The number of benzene rings is 1. The number of carbonyl (C=O) groups is 2. The van der Waals surface area contributed by atoms with E-state index in [-0.39, 0.29) is 23.7 Å². The molecule has 5 heteroatoms. The van der Waals surface area contributed by atoms with E-state index in [0.29, 0.717) is 13.0 Å². The minimum atomic E-state index is -0.945. The molecule has 0 bridgehead atoms. The summed E-state index contributed by atoms with van der Waals surface area (Å²) in [6.45, 7) is 2.37. The summed E-state index contributed by atoms with van der Waals surface area (Å²) in [5.41, 5.74) is 1.01. The number of hydrogen-bond acceptors (Lipinski definition) is 3. The second-order valence-corrected chi connectivity index (χ2v) is 5.02. The van der Waals surface area contributed by atoms with E-state index >= 15 is 0 Å². The number of rotatable bonds is 5. The van der Waals surface area contributed by atoms with Crippen molar-refractivity contribution < 1.29 is 19.4 Å². The SMILES string of the molecule is CC1CCC(C(=O)NCCc2ccccc2C(=O)O)O1. The highest BCUT2D eigenvalue weighted by molar-refractivity contribution is 5.89. The Hall–Kier alpha value is -1.88. The topological polar surface area (TPSA) is 75.6 Å². The van der Waals surface area contributed by atoms with Crippen LogP contribution in [0.3, 0.4) is 0 Å². The van der Waals surface area contributed by atoms with E-state index in [1.165, 1.54) is 0 Å². The molecule has 0 spiro atoms. The quantitative estimate of drug-likeness (QED) is 0.857. The molecule has 108 valence electrons. The minimum Gasteiger partial charge on any atom is -0.478 e. The van der Waals surface area contributed by atoms with E-state index in [4.69, 9.17) is 9.84 Å². The number of carboxylic acids is 1. The van der Waals surface area contributed by atoms with Crippen LogP contribution in [0.5, 0.6) is 0 Å². The summed E-state index contributed by atoms with van der Waals surface area (Å²) in [4.78, 5) is 22.9. The molecule has 0 aromatic heterocycles. The van der Waals surface area contributed by atoms with Crippen molar-refractivity contribution in [3.05, 3.63) is 35.4 Å². The van der Waals surface area contributed by atoms with Crippen LogP contribution >= 0.6 is 0 Å². The van der Waals surface area contributed by atoms with Gasteiger partial charge in [0, 0.05) is 6.54 Å². The van der Waals surface area contributed by atoms with E-state index in [1.54, 1.807) is 24.3 Å². The van der Waals surface area contributed by atoms with Gasteiger partial charge in [-0.15, -0.1) is 0 Å². The Balaban J connectivity index is 1.84. The Kier molecular flexibility index (Phi) is 4.74. The van der Waals surface area contributed by atoms with Crippen LogP contribution in [0.4, 0.5) is 0 Å². The molecular weight excluding hydrogens is 258 g/mol. The molecule has 1 aromatic carbocycles. The Bertz CT molecular complexity index is 500. The number of aromatic carboxylic acids is 1. The average Bonchev–Trinajstić information content (AvgIpc) is 2.86. The van der Waals surface area contributed by atoms with Gasteiger partial charge in [-0.25, -0.2) is 4.79 Å². The fourth-order valence-electron chi connectivity index (χ4n) is 2.38. The molecule has 2 atom stereocenters. The third-order valence-electron chi connectivity index (χ3n) is 3.47. The molecule has 5 nitrogen and oxygen atoms in total. The molecule has 2 unspecified atom stereocenters. The van der Waals surface area contributed by atoms with Gasteiger partial charge in [0.15, 0.2) is 0 Å². The lowest BCUT2D eigenvalue weighted by molar-refractivity contribution is -0.131. The molecule has 1 aliphatic heterocycles. The van der Waals surface area contributed by atoms with Gasteiger partial charge in [-0.1, -0.05) is 18.2 Å². The monoisotopic (exact) mass is 277 g/mol. The first-order valence-corrected chi connectivity index (χ1v) is 6.82. The number of ether oxygens (including phenoxy) is 1. The van der Waals surface area contributed by atoms with Gasteiger partial charge in [0.1, 0.15) is 6.10 Å². The molecule has 0 saturated carbocycles. The highest BCUT2D eigenvalue weighted by Crippen LogP contribution is 2.19.